The van der Waals surface area contributed by atoms with Crippen LogP contribution < -0.4 is 4.74 Å². The van der Waals surface area contributed by atoms with Crippen LogP contribution in [0.3, 0.4) is 0 Å². The standard InChI is InChI=1S/C25H29ClN2O4/c1-5-27(6-2)13-14-32-24(29)16-21-17(3)28(23-12-11-20(31-4)15-22(21)23)25(30)18-7-9-19(26)10-8-18/h7-12,15H,5-6,13-14,16H2,1-4H3. The van der Waals surface area contributed by atoms with E-state index in [4.69, 9.17) is 21.1 Å². The largest absolute Gasteiger partial charge is 0.497 e. The minimum atomic E-state index is -0.318. The lowest BCUT2D eigenvalue weighted by Gasteiger charge is -2.17. The molecule has 7 heteroatoms. The Bertz CT molecular complexity index is 1100. The number of carbonyl (C=O) groups is 2. The summed E-state index contributed by atoms with van der Waals surface area (Å²) >= 11 is 5.98. The molecule has 0 saturated heterocycles. The van der Waals surface area contributed by atoms with Gasteiger partial charge < -0.3 is 14.4 Å². The topological polar surface area (TPSA) is 60.8 Å². The molecule has 2 aromatic carbocycles. The van der Waals surface area contributed by atoms with Crippen LogP contribution in [0.2, 0.25) is 5.02 Å². The molecule has 3 rings (SSSR count). The number of halogens is 1. The minimum absolute atomic E-state index is 0.0780. The van der Waals surface area contributed by atoms with Crippen LogP contribution in [0.5, 0.6) is 5.75 Å². The van der Waals surface area contributed by atoms with Crippen LogP contribution in [-0.2, 0) is 16.0 Å². The third-order valence-electron chi connectivity index (χ3n) is 5.72. The molecule has 0 radical (unpaired) electrons. The van der Waals surface area contributed by atoms with Gasteiger partial charge in [0.25, 0.3) is 5.91 Å². The van der Waals surface area contributed by atoms with Crippen molar-refractivity contribution in [1.29, 1.82) is 0 Å². The third-order valence-corrected chi connectivity index (χ3v) is 5.97. The SMILES string of the molecule is CCN(CC)CCOC(=O)Cc1c(C)n(C(=O)c2ccc(Cl)cc2)c2ccc(OC)cc12. The molecule has 0 saturated carbocycles. The Labute approximate surface area is 193 Å². The van der Waals surface area contributed by atoms with E-state index in [0.29, 0.717) is 40.7 Å². The highest BCUT2D eigenvalue weighted by molar-refractivity contribution is 6.30. The first-order valence-electron chi connectivity index (χ1n) is 10.8. The van der Waals surface area contributed by atoms with Crippen LogP contribution in [0.1, 0.15) is 35.5 Å². The molecule has 0 aliphatic heterocycles. The van der Waals surface area contributed by atoms with Gasteiger partial charge >= 0.3 is 5.97 Å². The second kappa shape index (κ2) is 10.7. The highest BCUT2D eigenvalue weighted by Crippen LogP contribution is 2.31. The van der Waals surface area contributed by atoms with Gasteiger partial charge in [-0.2, -0.15) is 0 Å². The van der Waals surface area contributed by atoms with E-state index in [9.17, 15) is 9.59 Å². The zero-order valence-electron chi connectivity index (χ0n) is 19.0. The number of aromatic nitrogens is 1. The normalized spacial score (nSPS) is 11.2. The van der Waals surface area contributed by atoms with Crippen molar-refractivity contribution in [2.75, 3.05) is 33.4 Å². The molecule has 0 fully saturated rings. The van der Waals surface area contributed by atoms with Gasteiger partial charge in [-0.1, -0.05) is 25.4 Å². The smallest absolute Gasteiger partial charge is 0.310 e. The summed E-state index contributed by atoms with van der Waals surface area (Å²) in [6.45, 7) is 8.86. The van der Waals surface area contributed by atoms with Crippen LogP contribution in [0.25, 0.3) is 10.9 Å². The Hall–Kier alpha value is -2.83. The van der Waals surface area contributed by atoms with Gasteiger partial charge in [-0.25, -0.2) is 0 Å². The second-order valence-corrected chi connectivity index (χ2v) is 7.96. The monoisotopic (exact) mass is 456 g/mol. The van der Waals surface area contributed by atoms with Crippen molar-refractivity contribution in [3.63, 3.8) is 0 Å². The van der Waals surface area contributed by atoms with Crippen LogP contribution in [-0.4, -0.2) is 54.7 Å². The number of fused-ring (bicyclic) bond motifs is 1. The molecule has 0 aliphatic carbocycles. The average molecular weight is 457 g/mol. The molecule has 0 atom stereocenters. The van der Waals surface area contributed by atoms with Gasteiger partial charge in [0.05, 0.1) is 19.0 Å². The van der Waals surface area contributed by atoms with E-state index in [1.807, 2.05) is 19.1 Å². The van der Waals surface area contributed by atoms with Crippen LogP contribution in [0.4, 0.5) is 0 Å². The predicted octanol–water partition coefficient (Wildman–Crippen LogP) is 4.73. The minimum Gasteiger partial charge on any atom is -0.497 e. The number of hydrogen-bond donors (Lipinski definition) is 0. The molecular weight excluding hydrogens is 428 g/mol. The van der Waals surface area contributed by atoms with Gasteiger partial charge in [0.1, 0.15) is 12.4 Å². The Balaban J connectivity index is 1.93. The lowest BCUT2D eigenvalue weighted by molar-refractivity contribution is -0.143. The van der Waals surface area contributed by atoms with E-state index in [-0.39, 0.29) is 18.3 Å². The molecule has 0 unspecified atom stereocenters. The number of hydrogen-bond acceptors (Lipinski definition) is 5. The first-order valence-corrected chi connectivity index (χ1v) is 11.1. The summed E-state index contributed by atoms with van der Waals surface area (Å²) in [5.74, 6) is 0.154. The van der Waals surface area contributed by atoms with Crippen molar-refractivity contribution in [2.24, 2.45) is 0 Å². The Kier molecular flexibility index (Phi) is 7.94. The average Bonchev–Trinajstić information content (AvgIpc) is 3.07. The number of benzene rings is 2. The van der Waals surface area contributed by atoms with Gasteiger partial charge in [0, 0.05) is 28.2 Å². The highest BCUT2D eigenvalue weighted by Gasteiger charge is 2.22. The molecule has 0 amide bonds. The van der Waals surface area contributed by atoms with E-state index < -0.39 is 0 Å². The zero-order valence-corrected chi connectivity index (χ0v) is 19.7. The van der Waals surface area contributed by atoms with E-state index in [1.165, 1.54) is 0 Å². The first-order chi connectivity index (χ1) is 15.4. The molecule has 0 spiro atoms. The van der Waals surface area contributed by atoms with Crippen LogP contribution in [0.15, 0.2) is 42.5 Å². The number of ether oxygens (including phenoxy) is 2. The maximum atomic E-state index is 13.3. The molecule has 1 aromatic heterocycles. The van der Waals surface area contributed by atoms with Gasteiger partial charge in [-0.15, -0.1) is 0 Å². The summed E-state index contributed by atoms with van der Waals surface area (Å²) in [5.41, 5.74) is 2.69. The number of nitrogens with zero attached hydrogens (tertiary/aromatic N) is 2. The van der Waals surface area contributed by atoms with Gasteiger partial charge in [0.2, 0.25) is 0 Å². The predicted molar refractivity (Wildman–Crippen MR) is 127 cm³/mol. The number of carbonyl (C=O) groups excluding carboxylic acids is 2. The second-order valence-electron chi connectivity index (χ2n) is 7.52. The quantitative estimate of drug-likeness (QED) is 0.436. The van der Waals surface area contributed by atoms with E-state index in [0.717, 1.165) is 24.0 Å². The van der Waals surface area contributed by atoms with Crippen molar-refractivity contribution in [1.82, 2.24) is 9.47 Å². The lowest BCUT2D eigenvalue weighted by Crippen LogP contribution is -2.28. The fraction of sp³-hybridized carbons (Fsp3) is 0.360. The summed E-state index contributed by atoms with van der Waals surface area (Å²) in [4.78, 5) is 28.1. The van der Waals surface area contributed by atoms with Gasteiger partial charge in [-0.05, 0) is 68.0 Å². The van der Waals surface area contributed by atoms with Gasteiger partial charge in [0.15, 0.2) is 0 Å². The molecule has 32 heavy (non-hydrogen) atoms. The van der Waals surface area contributed by atoms with Crippen LogP contribution >= 0.6 is 11.6 Å². The van der Waals surface area contributed by atoms with Crippen LogP contribution in [0, 0.1) is 6.92 Å². The maximum absolute atomic E-state index is 13.3. The Morgan fingerprint density at radius 3 is 2.38 bits per heavy atom. The first kappa shape index (κ1) is 23.8. The Morgan fingerprint density at radius 2 is 1.75 bits per heavy atom. The third kappa shape index (κ3) is 5.14. The highest BCUT2D eigenvalue weighted by atomic mass is 35.5. The van der Waals surface area contributed by atoms with Crippen molar-refractivity contribution < 1.29 is 19.1 Å². The fourth-order valence-corrected chi connectivity index (χ4v) is 3.95. The summed E-state index contributed by atoms with van der Waals surface area (Å²) < 4.78 is 12.5. The van der Waals surface area contributed by atoms with Crippen molar-refractivity contribution >= 4 is 34.4 Å². The molecule has 3 aromatic rings. The maximum Gasteiger partial charge on any atom is 0.310 e. The molecule has 170 valence electrons. The molecule has 6 nitrogen and oxygen atoms in total. The molecule has 0 N–H and O–H groups in total. The number of likely N-dealkylation sites (N-methyl/N-ethyl adjacent to an activating group) is 1. The number of rotatable bonds is 9. The van der Waals surface area contributed by atoms with E-state index in [1.54, 1.807) is 42.0 Å². The number of esters is 1. The van der Waals surface area contributed by atoms with E-state index in [2.05, 4.69) is 18.7 Å². The molecule has 1 heterocycles. The van der Waals surface area contributed by atoms with Crippen molar-refractivity contribution in [3.8, 4) is 5.75 Å². The van der Waals surface area contributed by atoms with E-state index >= 15 is 0 Å². The summed E-state index contributed by atoms with van der Waals surface area (Å²) in [7, 11) is 1.59. The lowest BCUT2D eigenvalue weighted by atomic mass is 10.1. The summed E-state index contributed by atoms with van der Waals surface area (Å²) in [6, 6.07) is 12.3. The summed E-state index contributed by atoms with van der Waals surface area (Å²) in [5, 5.41) is 1.36. The molecule has 0 bridgehead atoms. The number of methoxy groups -OCH3 is 1. The molecule has 0 aliphatic rings. The van der Waals surface area contributed by atoms with Crippen molar-refractivity contribution in [3.05, 3.63) is 64.3 Å². The fourth-order valence-electron chi connectivity index (χ4n) is 3.82. The van der Waals surface area contributed by atoms with Gasteiger partial charge in [-0.3, -0.25) is 14.2 Å². The zero-order chi connectivity index (χ0) is 23.3. The molecular formula is C25H29ClN2O4. The Morgan fingerprint density at radius 1 is 1.06 bits per heavy atom. The van der Waals surface area contributed by atoms with Crippen molar-refractivity contribution in [2.45, 2.75) is 27.2 Å². The summed E-state index contributed by atoms with van der Waals surface area (Å²) in [6.07, 6.45) is 0.0780.